The second-order valence-corrected chi connectivity index (χ2v) is 2.48. The predicted octanol–water partition coefficient (Wildman–Crippen LogP) is 2.11. The van der Waals surface area contributed by atoms with Crippen molar-refractivity contribution in [3.05, 3.63) is 37.1 Å². The van der Waals surface area contributed by atoms with E-state index in [1.807, 2.05) is 10.8 Å². The number of aryl methyl sites for hydroxylation is 1. The number of hydrogen-bond acceptors (Lipinski definition) is 2. The van der Waals surface area contributed by atoms with Gasteiger partial charge in [0.05, 0.1) is 0 Å². The molecule has 0 N–H and O–H groups in total. The zero-order chi connectivity index (χ0) is 9.68. The van der Waals surface area contributed by atoms with Gasteiger partial charge >= 0.3 is 0 Å². The first-order valence-corrected chi connectivity index (χ1v) is 4.16. The van der Waals surface area contributed by atoms with E-state index in [4.69, 9.17) is 0 Å². The Morgan fingerprint density at radius 1 is 1.62 bits per heavy atom. The maximum absolute atomic E-state index is 4.18. The van der Waals surface area contributed by atoms with Crippen molar-refractivity contribution in [2.45, 2.75) is 13.3 Å². The molecule has 0 spiro atoms. The molecule has 0 fully saturated rings. The van der Waals surface area contributed by atoms with Crippen molar-refractivity contribution in [1.29, 1.82) is 0 Å². The molecular formula is C10H13N3. The molecule has 1 rings (SSSR count). The number of aromatic nitrogens is 2. The van der Waals surface area contributed by atoms with Crippen LogP contribution < -0.4 is 0 Å². The zero-order valence-electron chi connectivity index (χ0n) is 7.77. The van der Waals surface area contributed by atoms with E-state index in [0.29, 0.717) is 0 Å². The topological polar surface area (TPSA) is 30.2 Å². The average Bonchev–Trinajstić information content (AvgIpc) is 2.56. The van der Waals surface area contributed by atoms with E-state index in [0.717, 1.165) is 17.9 Å². The van der Waals surface area contributed by atoms with Gasteiger partial charge in [-0.3, -0.25) is 4.57 Å². The summed E-state index contributed by atoms with van der Waals surface area (Å²) in [6.45, 7) is 9.26. The molecule has 0 aliphatic carbocycles. The Kier molecular flexibility index (Phi) is 3.20. The normalized spacial score (nSPS) is 10.5. The molecule has 1 heterocycles. The van der Waals surface area contributed by atoms with Crippen LogP contribution in [0.3, 0.4) is 0 Å². The third-order valence-electron chi connectivity index (χ3n) is 1.73. The van der Waals surface area contributed by atoms with Gasteiger partial charge < -0.3 is 0 Å². The van der Waals surface area contributed by atoms with Crippen LogP contribution >= 0.6 is 0 Å². The largest absolute Gasteiger partial charge is 0.287 e. The van der Waals surface area contributed by atoms with Gasteiger partial charge in [0.2, 0.25) is 0 Å². The first-order chi connectivity index (χ1) is 6.33. The number of aliphatic imine (C=N–C) groups is 1. The highest BCUT2D eigenvalue weighted by molar-refractivity contribution is 5.64. The molecule has 3 heteroatoms. The summed E-state index contributed by atoms with van der Waals surface area (Å²) in [7, 11) is 0. The van der Waals surface area contributed by atoms with Crippen molar-refractivity contribution in [2.24, 2.45) is 4.99 Å². The molecule has 0 aromatic carbocycles. The van der Waals surface area contributed by atoms with Gasteiger partial charge in [-0.15, -0.1) is 0 Å². The summed E-state index contributed by atoms with van der Waals surface area (Å²) in [5, 5.41) is 0. The van der Waals surface area contributed by atoms with Gasteiger partial charge in [0.15, 0.2) is 0 Å². The van der Waals surface area contributed by atoms with Gasteiger partial charge in [0.25, 0.3) is 0 Å². The number of imidazole rings is 1. The Morgan fingerprint density at radius 3 is 2.92 bits per heavy atom. The first-order valence-electron chi connectivity index (χ1n) is 4.16. The molecule has 0 saturated carbocycles. The third-order valence-corrected chi connectivity index (χ3v) is 1.73. The van der Waals surface area contributed by atoms with Gasteiger partial charge in [0, 0.05) is 18.1 Å². The highest BCUT2D eigenvalue weighted by Crippen LogP contribution is 2.04. The monoisotopic (exact) mass is 175 g/mol. The highest BCUT2D eigenvalue weighted by atomic mass is 15.1. The molecular weight excluding hydrogens is 162 g/mol. The molecule has 1 aromatic heterocycles. The average molecular weight is 175 g/mol. The fourth-order valence-corrected chi connectivity index (χ4v) is 1.07. The predicted molar refractivity (Wildman–Crippen MR) is 55.8 cm³/mol. The van der Waals surface area contributed by atoms with E-state index in [-0.39, 0.29) is 0 Å². The van der Waals surface area contributed by atoms with Gasteiger partial charge in [-0.05, 0) is 12.5 Å². The quantitative estimate of drug-likeness (QED) is 0.509. The van der Waals surface area contributed by atoms with Crippen LogP contribution in [0.2, 0.25) is 0 Å². The van der Waals surface area contributed by atoms with Crippen molar-refractivity contribution in [2.75, 3.05) is 0 Å². The number of hydrogen-bond donors (Lipinski definition) is 0. The Bertz CT molecular complexity index is 334. The minimum Gasteiger partial charge on any atom is -0.287 e. The minimum absolute atomic E-state index is 0.808. The Hall–Kier alpha value is -1.64. The lowest BCUT2D eigenvalue weighted by Crippen LogP contribution is -2.02. The van der Waals surface area contributed by atoms with Crippen molar-refractivity contribution in [3.63, 3.8) is 0 Å². The van der Waals surface area contributed by atoms with Crippen molar-refractivity contribution < 1.29 is 0 Å². The number of nitrogens with zero attached hydrogens (tertiary/aromatic N) is 3. The fraction of sp³-hybridized carbons (Fsp3) is 0.200. The third kappa shape index (κ3) is 1.93. The van der Waals surface area contributed by atoms with Crippen LogP contribution in [0.1, 0.15) is 18.4 Å². The second kappa shape index (κ2) is 4.40. The smallest absolute Gasteiger partial charge is 0.137 e. The summed E-state index contributed by atoms with van der Waals surface area (Å²) in [5.41, 5.74) is 1.11. The molecule has 0 aliphatic rings. The summed E-state index contributed by atoms with van der Waals surface area (Å²) in [6, 6.07) is 0. The summed E-state index contributed by atoms with van der Waals surface area (Å²) < 4.78 is 1.90. The maximum atomic E-state index is 4.18. The Labute approximate surface area is 78.1 Å². The summed E-state index contributed by atoms with van der Waals surface area (Å²) in [4.78, 5) is 8.12. The summed E-state index contributed by atoms with van der Waals surface area (Å²) in [5.74, 6) is 0.808. The van der Waals surface area contributed by atoms with Gasteiger partial charge in [-0.1, -0.05) is 20.1 Å². The van der Waals surface area contributed by atoms with Crippen LogP contribution in [-0.2, 0) is 6.42 Å². The molecule has 0 aliphatic heterocycles. The lowest BCUT2D eigenvalue weighted by atomic mass is 10.4. The molecule has 0 amide bonds. The van der Waals surface area contributed by atoms with Crippen molar-refractivity contribution in [1.82, 2.24) is 9.55 Å². The maximum Gasteiger partial charge on any atom is 0.137 e. The molecule has 13 heavy (non-hydrogen) atoms. The molecule has 0 unspecified atom stereocenters. The number of rotatable bonds is 4. The van der Waals surface area contributed by atoms with E-state index in [1.165, 1.54) is 6.20 Å². The van der Waals surface area contributed by atoms with Crippen LogP contribution in [0.25, 0.3) is 6.08 Å². The molecule has 1 aromatic rings. The van der Waals surface area contributed by atoms with Gasteiger partial charge in [-0.25, -0.2) is 9.98 Å². The Balaban J connectivity index is 3.11. The van der Waals surface area contributed by atoms with Crippen LogP contribution in [0.5, 0.6) is 0 Å². The van der Waals surface area contributed by atoms with Gasteiger partial charge in [-0.2, -0.15) is 0 Å². The molecule has 3 nitrogen and oxygen atoms in total. The van der Waals surface area contributed by atoms with Crippen molar-refractivity contribution >= 4 is 12.4 Å². The molecule has 0 atom stereocenters. The highest BCUT2D eigenvalue weighted by Gasteiger charge is 2.02. The second-order valence-electron chi connectivity index (χ2n) is 2.48. The summed E-state index contributed by atoms with van der Waals surface area (Å²) in [6.07, 6.45) is 7.63. The Morgan fingerprint density at radius 2 is 2.38 bits per heavy atom. The lowest BCUT2D eigenvalue weighted by molar-refractivity contribution is 0.982. The molecule has 0 saturated heterocycles. The lowest BCUT2D eigenvalue weighted by Gasteiger charge is -1.99. The molecule has 0 radical (unpaired) electrons. The molecule has 68 valence electrons. The fourth-order valence-electron chi connectivity index (χ4n) is 1.07. The minimum atomic E-state index is 0.808. The van der Waals surface area contributed by atoms with E-state index < -0.39 is 0 Å². The zero-order valence-corrected chi connectivity index (χ0v) is 7.77. The first kappa shape index (κ1) is 9.45. The van der Waals surface area contributed by atoms with Crippen LogP contribution in [0, 0.1) is 0 Å². The van der Waals surface area contributed by atoms with Crippen LogP contribution in [0.15, 0.2) is 30.5 Å². The van der Waals surface area contributed by atoms with E-state index >= 15 is 0 Å². The van der Waals surface area contributed by atoms with E-state index in [2.05, 4.69) is 30.1 Å². The summed E-state index contributed by atoms with van der Waals surface area (Å²) >= 11 is 0. The standard InChI is InChI=1S/C10H13N3/c1-4-9-7-12-10(5-2)13(9)8-11-6-3/h5-8H,2-4H2,1H3. The van der Waals surface area contributed by atoms with Crippen LogP contribution in [0.4, 0.5) is 0 Å². The van der Waals surface area contributed by atoms with Gasteiger partial charge in [0.1, 0.15) is 12.2 Å². The van der Waals surface area contributed by atoms with Crippen LogP contribution in [-0.4, -0.2) is 15.9 Å². The van der Waals surface area contributed by atoms with Crippen molar-refractivity contribution in [3.8, 4) is 0 Å². The van der Waals surface area contributed by atoms with E-state index in [9.17, 15) is 0 Å². The van der Waals surface area contributed by atoms with E-state index in [1.54, 1.807) is 12.4 Å². The SMILES string of the molecule is C=CN=Cn1c(CC)cnc1C=C. The molecule has 0 bridgehead atoms.